The van der Waals surface area contributed by atoms with Crippen molar-refractivity contribution in [3.8, 4) is 11.1 Å². The molecule has 0 bridgehead atoms. The molecule has 0 radical (unpaired) electrons. The number of ketones is 1. The highest BCUT2D eigenvalue weighted by atomic mass is 35.5. The minimum absolute atomic E-state index is 0.0283. The maximum absolute atomic E-state index is 12.1. The van der Waals surface area contributed by atoms with E-state index in [1.54, 1.807) is 34.5 Å². The van der Waals surface area contributed by atoms with Crippen molar-refractivity contribution in [2.75, 3.05) is 0 Å². The summed E-state index contributed by atoms with van der Waals surface area (Å²) in [7, 11) is 3.67. The Hall–Kier alpha value is -4.40. The minimum atomic E-state index is 0.0283. The van der Waals surface area contributed by atoms with Crippen LogP contribution in [0.1, 0.15) is 45.7 Å². The number of benzene rings is 3. The van der Waals surface area contributed by atoms with Crippen molar-refractivity contribution in [3.63, 3.8) is 0 Å². The average Bonchev–Trinajstić information content (AvgIpc) is 3.46. The second kappa shape index (κ2) is 17.4. The Morgan fingerprint density at radius 2 is 1.55 bits per heavy atom. The molecule has 5 nitrogen and oxygen atoms in total. The molecule has 5 rings (SSSR count). The number of hydrogen-bond donors (Lipinski definition) is 0. The van der Waals surface area contributed by atoms with Gasteiger partial charge in [-0.15, -0.1) is 0 Å². The normalized spacial score (nSPS) is 9.62. The summed E-state index contributed by atoms with van der Waals surface area (Å²) < 4.78 is 3.41. The smallest absolute Gasteiger partial charge is 0.251 e. The zero-order valence-corrected chi connectivity index (χ0v) is 26.4. The third kappa shape index (κ3) is 11.2. The number of carbonyl (C=O) groups excluding carboxylic acids is 1. The summed E-state index contributed by atoms with van der Waals surface area (Å²) in [6.07, 6.45) is 10.5. The van der Waals surface area contributed by atoms with E-state index in [0.717, 1.165) is 45.5 Å². The van der Waals surface area contributed by atoms with Crippen LogP contribution in [-0.4, -0.2) is 19.9 Å². The molecule has 0 saturated carbocycles. The molecule has 6 heteroatoms. The van der Waals surface area contributed by atoms with Gasteiger partial charge in [0.15, 0.2) is 5.78 Å². The van der Waals surface area contributed by atoms with Crippen molar-refractivity contribution in [1.29, 1.82) is 0 Å². The predicted octanol–water partition coefficient (Wildman–Crippen LogP) is 8.23. The van der Waals surface area contributed by atoms with Crippen LogP contribution < -0.4 is 5.56 Å². The van der Waals surface area contributed by atoms with Crippen LogP contribution in [0.5, 0.6) is 0 Å². The molecule has 0 unspecified atom stereocenters. The fraction of sp³-hybridized carbons (Fsp3) is 0.250. The first-order chi connectivity index (χ1) is 20.0. The first-order valence-corrected chi connectivity index (χ1v) is 14.3. The Kier molecular flexibility index (Phi) is 14.0. The van der Waals surface area contributed by atoms with Crippen LogP contribution in [0.25, 0.3) is 22.0 Å². The van der Waals surface area contributed by atoms with Crippen molar-refractivity contribution in [2.24, 2.45) is 14.1 Å². The van der Waals surface area contributed by atoms with E-state index in [4.69, 9.17) is 11.6 Å². The molecule has 0 N–H and O–H groups in total. The van der Waals surface area contributed by atoms with Gasteiger partial charge in [0, 0.05) is 36.8 Å². The lowest BCUT2D eigenvalue weighted by Gasteiger charge is -2.11. The van der Waals surface area contributed by atoms with E-state index in [1.807, 2.05) is 70.4 Å². The molecular weight excluding hydrogens is 542 g/mol. The first-order valence-electron chi connectivity index (χ1n) is 13.9. The number of nitrogens with zero attached hydrogens (tertiary/aromatic N) is 3. The molecule has 5 aromatic rings. The van der Waals surface area contributed by atoms with Crippen LogP contribution in [0.3, 0.4) is 0 Å². The zero-order chi connectivity index (χ0) is 31.1. The van der Waals surface area contributed by atoms with Gasteiger partial charge < -0.3 is 4.57 Å². The van der Waals surface area contributed by atoms with Crippen LogP contribution in [0.2, 0.25) is 5.02 Å². The fourth-order valence-electron chi connectivity index (χ4n) is 3.99. The molecule has 0 amide bonds. The topological polar surface area (TPSA) is 56.9 Å². The van der Waals surface area contributed by atoms with Crippen LogP contribution in [-0.2, 0) is 31.7 Å². The number of halogens is 1. The molecule has 0 aliphatic carbocycles. The molecule has 218 valence electrons. The lowest BCUT2D eigenvalue weighted by atomic mass is 9.99. The van der Waals surface area contributed by atoms with Crippen LogP contribution in [0.4, 0.5) is 0 Å². The standard InChI is InChI=1S/C18H17NO.C8H9Cl.C6H10O.C4H4N2/c1-3-13-7-6-8-14(11-13)16-12-18(20)19(2)17-10-5-4-9-15(16)17;1-2-7-3-5-8(9)6-4-7;1-5(2)4-6(3)7;1-6-3-2-5-4-6/h4-12H,3H2,1-2H3;3-6H,2H2,1H3;4H,1-3H3;4H,1H3. The van der Waals surface area contributed by atoms with E-state index < -0.39 is 0 Å². The van der Waals surface area contributed by atoms with Gasteiger partial charge in [0.05, 0.1) is 11.7 Å². The van der Waals surface area contributed by atoms with Gasteiger partial charge in [-0.25, -0.2) is 0 Å². The Balaban J connectivity index is 0.000000231. The van der Waals surface area contributed by atoms with E-state index in [0.29, 0.717) is 0 Å². The Morgan fingerprint density at radius 1 is 0.881 bits per heavy atom. The number of hydrogen-bond acceptors (Lipinski definition) is 3. The van der Waals surface area contributed by atoms with E-state index >= 15 is 0 Å². The Morgan fingerprint density at radius 3 is 2.05 bits per heavy atom. The highest BCUT2D eigenvalue weighted by Gasteiger charge is 2.08. The lowest BCUT2D eigenvalue weighted by molar-refractivity contribution is -0.112. The number of pyridine rings is 1. The van der Waals surface area contributed by atoms with Crippen molar-refractivity contribution in [2.45, 2.75) is 47.5 Å². The van der Waals surface area contributed by atoms with Gasteiger partial charge in [-0.1, -0.05) is 85.6 Å². The van der Waals surface area contributed by atoms with E-state index in [-0.39, 0.29) is 11.3 Å². The van der Waals surface area contributed by atoms with Crippen molar-refractivity contribution in [1.82, 2.24) is 14.1 Å². The maximum Gasteiger partial charge on any atom is 0.251 e. The minimum Gasteiger partial charge on any atom is -0.311 e. The number of para-hydroxylation sites is 1. The molecule has 0 spiro atoms. The van der Waals surface area contributed by atoms with Crippen LogP contribution in [0, 0.1) is 12.4 Å². The fourth-order valence-corrected chi connectivity index (χ4v) is 4.11. The monoisotopic (exact) mass is 581 g/mol. The number of carbonyl (C=O) groups is 1. The largest absolute Gasteiger partial charge is 0.311 e. The quantitative estimate of drug-likeness (QED) is 0.201. The molecule has 0 aliphatic rings. The van der Waals surface area contributed by atoms with Gasteiger partial charge in [-0.05, 0) is 80.1 Å². The van der Waals surface area contributed by atoms with Crippen LogP contribution in [0.15, 0.2) is 102 Å². The SMILES string of the molecule is CC(=O)C=C(C)C.CCc1ccc(Cl)cc1.CCc1cccc(-c2cc(=O)n(C)c3ccccc23)c1.Cn1c#cnc1. The van der Waals surface area contributed by atoms with Crippen molar-refractivity contribution < 1.29 is 4.79 Å². The molecular formula is C36H40ClN3O2. The molecule has 2 heterocycles. The molecule has 0 atom stereocenters. The Labute approximate surface area is 255 Å². The van der Waals surface area contributed by atoms with Gasteiger partial charge in [0.1, 0.15) is 6.33 Å². The van der Waals surface area contributed by atoms with Crippen molar-refractivity contribution in [3.05, 3.63) is 136 Å². The van der Waals surface area contributed by atoms with Gasteiger partial charge in [0.2, 0.25) is 0 Å². The Bertz CT molecular complexity index is 1630. The van der Waals surface area contributed by atoms with Gasteiger partial charge in [-0.2, -0.15) is 4.98 Å². The summed E-state index contributed by atoms with van der Waals surface area (Å²) in [4.78, 5) is 25.9. The molecule has 0 aliphatic heterocycles. The summed E-state index contributed by atoms with van der Waals surface area (Å²) in [6.45, 7) is 9.63. The molecule has 3 aromatic carbocycles. The molecule has 42 heavy (non-hydrogen) atoms. The molecule has 0 fully saturated rings. The number of aromatic nitrogens is 3. The second-order valence-corrected chi connectivity index (χ2v) is 10.4. The first kappa shape index (κ1) is 33.8. The van der Waals surface area contributed by atoms with E-state index in [2.05, 4.69) is 61.6 Å². The van der Waals surface area contributed by atoms with Gasteiger partial charge >= 0.3 is 0 Å². The van der Waals surface area contributed by atoms with Crippen molar-refractivity contribution >= 4 is 28.3 Å². The number of rotatable bonds is 4. The highest BCUT2D eigenvalue weighted by molar-refractivity contribution is 6.30. The molecule has 0 saturated heterocycles. The maximum atomic E-state index is 12.1. The number of fused-ring (bicyclic) bond motifs is 1. The van der Waals surface area contributed by atoms with Gasteiger partial charge in [0.25, 0.3) is 5.56 Å². The van der Waals surface area contributed by atoms with Crippen LogP contribution >= 0.6 is 11.6 Å². The number of aryl methyl sites for hydroxylation is 4. The summed E-state index contributed by atoms with van der Waals surface area (Å²) in [6, 6.07) is 26.1. The molecule has 2 aromatic heterocycles. The van der Waals surface area contributed by atoms with E-state index in [9.17, 15) is 9.59 Å². The number of allylic oxidation sites excluding steroid dienone is 2. The zero-order valence-electron chi connectivity index (χ0n) is 25.6. The third-order valence-corrected chi connectivity index (χ3v) is 6.39. The third-order valence-electron chi connectivity index (χ3n) is 6.14. The van der Waals surface area contributed by atoms with Gasteiger partial charge in [-0.3, -0.25) is 14.2 Å². The summed E-state index contributed by atoms with van der Waals surface area (Å²) in [5, 5.41) is 1.93. The predicted molar refractivity (Wildman–Crippen MR) is 176 cm³/mol. The highest BCUT2D eigenvalue weighted by Crippen LogP contribution is 2.27. The summed E-state index contributed by atoms with van der Waals surface area (Å²) >= 11 is 5.67. The van der Waals surface area contributed by atoms with E-state index in [1.165, 1.54) is 11.1 Å². The lowest BCUT2D eigenvalue weighted by Crippen LogP contribution is -2.16. The summed E-state index contributed by atoms with van der Waals surface area (Å²) in [5.74, 6) is 0.125. The average molecular weight is 582 g/mol. The second-order valence-electron chi connectivity index (χ2n) is 9.92. The summed E-state index contributed by atoms with van der Waals surface area (Å²) in [5.41, 5.74) is 6.80.